The summed E-state index contributed by atoms with van der Waals surface area (Å²) in [6.07, 6.45) is 0. The van der Waals surface area contributed by atoms with Crippen molar-refractivity contribution in [3.63, 3.8) is 0 Å². The second kappa shape index (κ2) is 5.51. The Morgan fingerprint density at radius 1 is 1.19 bits per heavy atom. The number of nitrogens with zero attached hydrogens (tertiary/aromatic N) is 2. The van der Waals surface area contributed by atoms with E-state index in [2.05, 4.69) is 0 Å². The average molecular weight is 222 g/mol. The predicted octanol–water partition coefficient (Wildman–Crippen LogP) is 0.912. The normalized spacial score (nSPS) is 10.5. The molecule has 0 aliphatic carbocycles. The number of phenols is 1. The number of carbonyl (C=O) groups is 1. The van der Waals surface area contributed by atoms with Gasteiger partial charge >= 0.3 is 0 Å². The number of amides is 1. The second-order valence-corrected chi connectivity index (χ2v) is 4.13. The van der Waals surface area contributed by atoms with Crippen LogP contribution in [0.1, 0.15) is 5.56 Å². The van der Waals surface area contributed by atoms with Gasteiger partial charge in [-0.05, 0) is 24.7 Å². The molecule has 0 aliphatic heterocycles. The van der Waals surface area contributed by atoms with Crippen molar-refractivity contribution in [2.24, 2.45) is 0 Å². The number of likely N-dealkylation sites (N-methyl/N-ethyl adjacent to an activating group) is 2. The van der Waals surface area contributed by atoms with E-state index in [-0.39, 0.29) is 11.7 Å². The van der Waals surface area contributed by atoms with Crippen molar-refractivity contribution in [3.05, 3.63) is 29.8 Å². The number of rotatable bonds is 4. The van der Waals surface area contributed by atoms with Crippen LogP contribution in [0.15, 0.2) is 24.3 Å². The van der Waals surface area contributed by atoms with Gasteiger partial charge in [0, 0.05) is 20.6 Å². The van der Waals surface area contributed by atoms with Crippen molar-refractivity contribution >= 4 is 5.91 Å². The highest BCUT2D eigenvalue weighted by Crippen LogP contribution is 2.10. The van der Waals surface area contributed by atoms with Crippen LogP contribution in [0.2, 0.25) is 0 Å². The zero-order chi connectivity index (χ0) is 12.1. The quantitative estimate of drug-likeness (QED) is 0.823. The lowest BCUT2D eigenvalue weighted by Crippen LogP contribution is -2.34. The Morgan fingerprint density at radius 3 is 2.25 bits per heavy atom. The Morgan fingerprint density at radius 2 is 1.75 bits per heavy atom. The van der Waals surface area contributed by atoms with Gasteiger partial charge in [-0.3, -0.25) is 9.69 Å². The van der Waals surface area contributed by atoms with Crippen LogP contribution in [0.5, 0.6) is 5.75 Å². The zero-order valence-corrected chi connectivity index (χ0v) is 9.97. The van der Waals surface area contributed by atoms with Gasteiger partial charge in [0.2, 0.25) is 5.91 Å². The second-order valence-electron chi connectivity index (χ2n) is 4.13. The molecule has 0 atom stereocenters. The van der Waals surface area contributed by atoms with E-state index in [0.29, 0.717) is 13.1 Å². The van der Waals surface area contributed by atoms with Gasteiger partial charge in [0.15, 0.2) is 0 Å². The molecule has 0 saturated carbocycles. The monoisotopic (exact) mass is 222 g/mol. The van der Waals surface area contributed by atoms with Crippen molar-refractivity contribution in [2.75, 3.05) is 27.7 Å². The SMILES string of the molecule is CN(CC(=O)N(C)C)Cc1ccc(O)cc1. The van der Waals surface area contributed by atoms with E-state index in [9.17, 15) is 4.79 Å². The lowest BCUT2D eigenvalue weighted by molar-refractivity contribution is -0.129. The standard InChI is InChI=1S/C12H18N2O2/c1-13(2)12(16)9-14(3)8-10-4-6-11(15)7-5-10/h4-7,15H,8-9H2,1-3H3. The molecule has 1 aromatic carbocycles. The Hall–Kier alpha value is -1.55. The summed E-state index contributed by atoms with van der Waals surface area (Å²) in [5, 5.41) is 9.13. The topological polar surface area (TPSA) is 43.8 Å². The molecule has 0 spiro atoms. The third-order valence-electron chi connectivity index (χ3n) is 2.29. The summed E-state index contributed by atoms with van der Waals surface area (Å²) in [5.41, 5.74) is 1.08. The smallest absolute Gasteiger partial charge is 0.236 e. The van der Waals surface area contributed by atoms with Crippen molar-refractivity contribution in [2.45, 2.75) is 6.54 Å². The molecule has 1 aromatic rings. The molecule has 0 unspecified atom stereocenters. The summed E-state index contributed by atoms with van der Waals surface area (Å²) in [6, 6.07) is 7.01. The van der Waals surface area contributed by atoms with Crippen LogP contribution in [-0.2, 0) is 11.3 Å². The predicted molar refractivity (Wildman–Crippen MR) is 63.1 cm³/mol. The Labute approximate surface area is 96.1 Å². The van der Waals surface area contributed by atoms with Gasteiger partial charge in [-0.15, -0.1) is 0 Å². The molecule has 16 heavy (non-hydrogen) atoms. The van der Waals surface area contributed by atoms with Crippen LogP contribution in [0.25, 0.3) is 0 Å². The van der Waals surface area contributed by atoms with Gasteiger partial charge in [0.05, 0.1) is 6.54 Å². The van der Waals surface area contributed by atoms with Gasteiger partial charge in [0.1, 0.15) is 5.75 Å². The van der Waals surface area contributed by atoms with Crippen LogP contribution < -0.4 is 0 Å². The highest BCUT2D eigenvalue weighted by Gasteiger charge is 2.08. The molecule has 0 saturated heterocycles. The maximum atomic E-state index is 11.4. The molecule has 1 rings (SSSR count). The molecule has 1 N–H and O–H groups in total. The van der Waals surface area contributed by atoms with Crippen molar-refractivity contribution in [3.8, 4) is 5.75 Å². The van der Waals surface area contributed by atoms with Crippen molar-refractivity contribution in [1.29, 1.82) is 0 Å². The lowest BCUT2D eigenvalue weighted by atomic mass is 10.2. The van der Waals surface area contributed by atoms with Gasteiger partial charge in [-0.2, -0.15) is 0 Å². The molecule has 1 amide bonds. The minimum Gasteiger partial charge on any atom is -0.508 e. The molecule has 0 aliphatic rings. The summed E-state index contributed by atoms with van der Waals surface area (Å²) in [5.74, 6) is 0.344. The zero-order valence-electron chi connectivity index (χ0n) is 9.97. The molecular formula is C12H18N2O2. The van der Waals surface area contributed by atoms with E-state index >= 15 is 0 Å². The van der Waals surface area contributed by atoms with Crippen LogP contribution in [0.4, 0.5) is 0 Å². The Kier molecular flexibility index (Phi) is 4.31. The molecule has 0 aromatic heterocycles. The Bertz CT molecular complexity index is 347. The Balaban J connectivity index is 2.48. The number of aromatic hydroxyl groups is 1. The summed E-state index contributed by atoms with van der Waals surface area (Å²) in [6.45, 7) is 1.09. The van der Waals surface area contributed by atoms with Gasteiger partial charge in [0.25, 0.3) is 0 Å². The molecule has 0 heterocycles. The molecule has 0 radical (unpaired) electrons. The fourth-order valence-electron chi connectivity index (χ4n) is 1.34. The third kappa shape index (κ3) is 3.90. The summed E-state index contributed by atoms with van der Waals surface area (Å²) >= 11 is 0. The lowest BCUT2D eigenvalue weighted by Gasteiger charge is -2.18. The van der Waals surface area contributed by atoms with Gasteiger partial charge in [-0.1, -0.05) is 12.1 Å². The van der Waals surface area contributed by atoms with Crippen LogP contribution in [0.3, 0.4) is 0 Å². The molecule has 0 bridgehead atoms. The number of hydrogen-bond acceptors (Lipinski definition) is 3. The average Bonchev–Trinajstić information content (AvgIpc) is 2.21. The first kappa shape index (κ1) is 12.5. The number of carbonyl (C=O) groups excluding carboxylic acids is 1. The minimum atomic E-state index is 0.0845. The van der Waals surface area contributed by atoms with Crippen molar-refractivity contribution < 1.29 is 9.90 Å². The first-order chi connectivity index (χ1) is 7.49. The maximum absolute atomic E-state index is 11.4. The van der Waals surface area contributed by atoms with Gasteiger partial charge in [-0.25, -0.2) is 0 Å². The van der Waals surface area contributed by atoms with Crippen LogP contribution >= 0.6 is 0 Å². The fraction of sp³-hybridized carbons (Fsp3) is 0.417. The van der Waals surface area contributed by atoms with E-state index in [0.717, 1.165) is 5.56 Å². The maximum Gasteiger partial charge on any atom is 0.236 e. The van der Waals surface area contributed by atoms with E-state index in [4.69, 9.17) is 5.11 Å². The molecule has 4 heteroatoms. The third-order valence-corrected chi connectivity index (χ3v) is 2.29. The first-order valence-electron chi connectivity index (χ1n) is 5.15. The highest BCUT2D eigenvalue weighted by molar-refractivity contribution is 5.77. The largest absolute Gasteiger partial charge is 0.508 e. The summed E-state index contributed by atoms with van der Waals surface area (Å²) in [7, 11) is 5.39. The number of hydrogen-bond donors (Lipinski definition) is 1. The number of benzene rings is 1. The molecule has 4 nitrogen and oxygen atoms in total. The van der Waals surface area contributed by atoms with Crippen molar-refractivity contribution in [1.82, 2.24) is 9.80 Å². The summed E-state index contributed by atoms with van der Waals surface area (Å²) in [4.78, 5) is 15.0. The first-order valence-corrected chi connectivity index (χ1v) is 5.15. The van der Waals surface area contributed by atoms with Crippen LogP contribution in [-0.4, -0.2) is 48.5 Å². The molecule has 0 fully saturated rings. The van der Waals surface area contributed by atoms with E-state index in [1.807, 2.05) is 24.1 Å². The van der Waals surface area contributed by atoms with E-state index < -0.39 is 0 Å². The minimum absolute atomic E-state index is 0.0845. The van der Waals surface area contributed by atoms with Crippen LogP contribution in [0, 0.1) is 0 Å². The highest BCUT2D eigenvalue weighted by atomic mass is 16.3. The van der Waals surface area contributed by atoms with Gasteiger partial charge < -0.3 is 10.0 Å². The summed E-state index contributed by atoms with van der Waals surface area (Å²) < 4.78 is 0. The molecular weight excluding hydrogens is 204 g/mol. The van der Waals surface area contributed by atoms with E-state index in [1.54, 1.807) is 31.1 Å². The molecule has 88 valence electrons. The number of phenolic OH excluding ortho intramolecular Hbond substituents is 1. The van der Waals surface area contributed by atoms with E-state index in [1.165, 1.54) is 0 Å². The fourth-order valence-corrected chi connectivity index (χ4v) is 1.34.